The van der Waals surface area contributed by atoms with Gasteiger partial charge in [-0.3, -0.25) is 4.98 Å². The van der Waals surface area contributed by atoms with Gasteiger partial charge in [-0.15, -0.1) is 0 Å². The molecule has 5 heteroatoms. The van der Waals surface area contributed by atoms with E-state index in [0.717, 1.165) is 17.1 Å². The maximum absolute atomic E-state index is 5.59. The second kappa shape index (κ2) is 5.48. The molecule has 0 saturated heterocycles. The van der Waals surface area contributed by atoms with Crippen LogP contribution < -0.4 is 5.73 Å². The maximum Gasteiger partial charge on any atom is 0.258 e. The number of pyridine rings is 1. The topological polar surface area (TPSA) is 77.8 Å². The first kappa shape index (κ1) is 12.3. The Morgan fingerprint density at radius 3 is 2.89 bits per heavy atom. The van der Waals surface area contributed by atoms with Crippen molar-refractivity contribution < 1.29 is 4.52 Å². The van der Waals surface area contributed by atoms with Crippen molar-refractivity contribution in [1.82, 2.24) is 15.1 Å². The van der Waals surface area contributed by atoms with E-state index in [-0.39, 0.29) is 0 Å². The van der Waals surface area contributed by atoms with Gasteiger partial charge in [0, 0.05) is 24.2 Å². The Balaban J connectivity index is 1.83. The lowest BCUT2D eigenvalue weighted by Gasteiger charge is -2.17. The van der Waals surface area contributed by atoms with Crippen LogP contribution in [0.1, 0.15) is 49.5 Å². The molecule has 0 unspecified atom stereocenters. The Labute approximate surface area is 112 Å². The second-order valence-electron chi connectivity index (χ2n) is 5.03. The molecule has 5 nitrogen and oxygen atoms in total. The molecule has 1 fully saturated rings. The third-order valence-electron chi connectivity index (χ3n) is 3.68. The molecular formula is C14H18N4O. The van der Waals surface area contributed by atoms with Crippen LogP contribution in [-0.2, 0) is 6.54 Å². The maximum atomic E-state index is 5.59. The van der Waals surface area contributed by atoms with E-state index in [1.54, 1.807) is 6.20 Å². The first-order valence-corrected chi connectivity index (χ1v) is 6.86. The van der Waals surface area contributed by atoms with E-state index < -0.39 is 0 Å². The summed E-state index contributed by atoms with van der Waals surface area (Å²) >= 11 is 0. The largest absolute Gasteiger partial charge is 0.334 e. The van der Waals surface area contributed by atoms with E-state index in [0.29, 0.717) is 18.4 Å². The molecule has 100 valence electrons. The van der Waals surface area contributed by atoms with Gasteiger partial charge in [0.15, 0.2) is 5.82 Å². The lowest BCUT2D eigenvalue weighted by Crippen LogP contribution is -2.06. The van der Waals surface area contributed by atoms with Gasteiger partial charge in [-0.05, 0) is 25.0 Å². The Morgan fingerprint density at radius 2 is 2.11 bits per heavy atom. The van der Waals surface area contributed by atoms with Crippen LogP contribution in [0.15, 0.2) is 22.9 Å². The number of hydrogen-bond donors (Lipinski definition) is 1. The number of hydrogen-bond acceptors (Lipinski definition) is 5. The number of rotatable bonds is 3. The summed E-state index contributed by atoms with van der Waals surface area (Å²) in [5.74, 6) is 1.88. The second-order valence-corrected chi connectivity index (χ2v) is 5.03. The fourth-order valence-corrected chi connectivity index (χ4v) is 2.60. The van der Waals surface area contributed by atoms with E-state index in [4.69, 9.17) is 10.3 Å². The van der Waals surface area contributed by atoms with Crippen molar-refractivity contribution in [2.24, 2.45) is 5.73 Å². The zero-order chi connectivity index (χ0) is 13.1. The van der Waals surface area contributed by atoms with Gasteiger partial charge in [0.25, 0.3) is 5.89 Å². The normalized spacial score (nSPS) is 16.7. The first-order chi connectivity index (χ1) is 9.36. The van der Waals surface area contributed by atoms with Gasteiger partial charge in [-0.25, -0.2) is 0 Å². The third kappa shape index (κ3) is 2.66. The average molecular weight is 258 g/mol. The van der Waals surface area contributed by atoms with Gasteiger partial charge in [0.1, 0.15) is 0 Å². The number of aromatic nitrogens is 3. The Morgan fingerprint density at radius 1 is 1.26 bits per heavy atom. The first-order valence-electron chi connectivity index (χ1n) is 6.86. The van der Waals surface area contributed by atoms with Crippen LogP contribution in [0.2, 0.25) is 0 Å². The van der Waals surface area contributed by atoms with E-state index in [9.17, 15) is 0 Å². The van der Waals surface area contributed by atoms with Crippen LogP contribution in [0.25, 0.3) is 11.5 Å². The van der Waals surface area contributed by atoms with Crippen molar-refractivity contribution >= 4 is 0 Å². The summed E-state index contributed by atoms with van der Waals surface area (Å²) in [5, 5.41) is 4.13. The monoisotopic (exact) mass is 258 g/mol. The van der Waals surface area contributed by atoms with Gasteiger partial charge in [0.2, 0.25) is 0 Å². The molecule has 0 amide bonds. The average Bonchev–Trinajstić information content (AvgIpc) is 2.98. The fraction of sp³-hybridized carbons (Fsp3) is 0.500. The molecule has 19 heavy (non-hydrogen) atoms. The number of nitrogens with zero attached hydrogens (tertiary/aromatic N) is 3. The molecule has 0 aliphatic heterocycles. The van der Waals surface area contributed by atoms with Crippen LogP contribution in [0.5, 0.6) is 0 Å². The summed E-state index contributed by atoms with van der Waals surface area (Å²) in [6.45, 7) is 0.414. The van der Waals surface area contributed by atoms with Gasteiger partial charge >= 0.3 is 0 Å². The molecule has 2 aromatic rings. The molecule has 2 heterocycles. The van der Waals surface area contributed by atoms with Crippen LogP contribution >= 0.6 is 0 Å². The summed E-state index contributed by atoms with van der Waals surface area (Å²) in [5.41, 5.74) is 7.31. The molecule has 1 saturated carbocycles. The van der Waals surface area contributed by atoms with Gasteiger partial charge in [0.05, 0.1) is 5.69 Å². The van der Waals surface area contributed by atoms with Crippen molar-refractivity contribution in [3.8, 4) is 11.5 Å². The Bertz CT molecular complexity index is 546. The van der Waals surface area contributed by atoms with E-state index in [1.807, 2.05) is 12.1 Å². The summed E-state index contributed by atoms with van der Waals surface area (Å²) in [6.07, 6.45) is 7.92. The van der Waals surface area contributed by atoms with Gasteiger partial charge in [-0.2, -0.15) is 4.98 Å². The summed E-state index contributed by atoms with van der Waals surface area (Å²) in [6, 6.07) is 3.77. The summed E-state index contributed by atoms with van der Waals surface area (Å²) in [7, 11) is 0. The van der Waals surface area contributed by atoms with E-state index in [1.165, 1.54) is 32.1 Å². The third-order valence-corrected chi connectivity index (χ3v) is 3.68. The minimum atomic E-state index is 0.414. The molecule has 0 bridgehead atoms. The summed E-state index contributed by atoms with van der Waals surface area (Å²) in [4.78, 5) is 8.70. The highest BCUT2D eigenvalue weighted by molar-refractivity contribution is 5.52. The molecule has 2 aromatic heterocycles. The quantitative estimate of drug-likeness (QED) is 0.915. The molecular weight excluding hydrogens is 240 g/mol. The smallest absolute Gasteiger partial charge is 0.258 e. The fourth-order valence-electron chi connectivity index (χ4n) is 2.60. The number of nitrogens with two attached hydrogens (primary N) is 1. The Hall–Kier alpha value is -1.75. The molecule has 1 aliphatic carbocycles. The van der Waals surface area contributed by atoms with Crippen LogP contribution in [-0.4, -0.2) is 15.1 Å². The molecule has 0 aromatic carbocycles. The highest BCUT2D eigenvalue weighted by Gasteiger charge is 2.21. The highest BCUT2D eigenvalue weighted by Crippen LogP contribution is 2.31. The zero-order valence-electron chi connectivity index (χ0n) is 10.9. The molecule has 1 aliphatic rings. The molecule has 0 spiro atoms. The van der Waals surface area contributed by atoms with Crippen molar-refractivity contribution in [2.45, 2.75) is 44.6 Å². The van der Waals surface area contributed by atoms with E-state index >= 15 is 0 Å². The van der Waals surface area contributed by atoms with Crippen molar-refractivity contribution in [2.75, 3.05) is 0 Å². The predicted molar refractivity (Wildman–Crippen MR) is 71.2 cm³/mol. The SMILES string of the molecule is NCc1cc(-c2nc(C3CCCCC3)no2)ccn1. The predicted octanol–water partition coefficient (Wildman–Crippen LogP) is 2.64. The molecule has 0 atom stereocenters. The van der Waals surface area contributed by atoms with Crippen LogP contribution in [0.3, 0.4) is 0 Å². The molecule has 3 rings (SSSR count). The standard InChI is InChI=1S/C14H18N4O/c15-9-12-8-11(6-7-16-12)14-17-13(18-19-14)10-4-2-1-3-5-10/h6-8,10H,1-5,9,15H2. The zero-order valence-corrected chi connectivity index (χ0v) is 10.9. The van der Waals surface area contributed by atoms with Crippen molar-refractivity contribution in [1.29, 1.82) is 0 Å². The highest BCUT2D eigenvalue weighted by atomic mass is 16.5. The molecule has 2 N–H and O–H groups in total. The summed E-state index contributed by atoms with van der Waals surface area (Å²) < 4.78 is 5.37. The van der Waals surface area contributed by atoms with Gasteiger partial charge in [-0.1, -0.05) is 24.4 Å². The molecule has 0 radical (unpaired) electrons. The van der Waals surface area contributed by atoms with Crippen LogP contribution in [0, 0.1) is 0 Å². The van der Waals surface area contributed by atoms with Gasteiger partial charge < -0.3 is 10.3 Å². The minimum absolute atomic E-state index is 0.414. The van der Waals surface area contributed by atoms with E-state index in [2.05, 4.69) is 15.1 Å². The van der Waals surface area contributed by atoms with Crippen LogP contribution in [0.4, 0.5) is 0 Å². The lowest BCUT2D eigenvalue weighted by molar-refractivity contribution is 0.385. The minimum Gasteiger partial charge on any atom is -0.334 e. The van der Waals surface area contributed by atoms with Crippen molar-refractivity contribution in [3.63, 3.8) is 0 Å². The Kier molecular flexibility index (Phi) is 3.55. The van der Waals surface area contributed by atoms with Crippen molar-refractivity contribution in [3.05, 3.63) is 29.8 Å². The lowest BCUT2D eigenvalue weighted by atomic mass is 9.89.